The summed E-state index contributed by atoms with van der Waals surface area (Å²) in [6, 6.07) is 17.0. The predicted octanol–water partition coefficient (Wildman–Crippen LogP) is 4.49. The molecule has 0 saturated carbocycles. The zero-order valence-electron chi connectivity index (χ0n) is 9.28. The molecule has 0 unspecified atom stereocenters. The first-order valence-electron chi connectivity index (χ1n) is 5.35. The molecule has 0 aliphatic rings. The molecule has 16 heavy (non-hydrogen) atoms. The largest absolute Gasteiger partial charge is 0.0876 e. The average Bonchev–Trinajstić information content (AvgIpc) is 2.33. The van der Waals surface area contributed by atoms with Crippen molar-refractivity contribution in [2.45, 2.75) is 12.3 Å². The maximum Gasteiger partial charge on any atom is 0.0286 e. The van der Waals surface area contributed by atoms with Crippen molar-refractivity contribution in [3.8, 4) is 0 Å². The zero-order chi connectivity index (χ0) is 11.4. The summed E-state index contributed by atoms with van der Waals surface area (Å²) in [5.74, 6) is 0. The van der Waals surface area contributed by atoms with Crippen molar-refractivity contribution < 1.29 is 0 Å². The second-order valence-electron chi connectivity index (χ2n) is 3.89. The lowest BCUT2D eigenvalue weighted by Crippen LogP contribution is -1.90. The van der Waals surface area contributed by atoms with E-state index >= 15 is 0 Å². The summed E-state index contributed by atoms with van der Waals surface area (Å²) in [7, 11) is 0. The van der Waals surface area contributed by atoms with Crippen LogP contribution in [0.2, 0.25) is 0 Å². The van der Waals surface area contributed by atoms with Crippen molar-refractivity contribution in [2.24, 2.45) is 0 Å². The first-order valence-corrected chi connectivity index (χ1v) is 6.47. The molecule has 0 bridgehead atoms. The number of alkyl halides is 1. The van der Waals surface area contributed by atoms with Gasteiger partial charge in [0, 0.05) is 11.8 Å². The number of hydrogen-bond donors (Lipinski definition) is 0. The van der Waals surface area contributed by atoms with Gasteiger partial charge < -0.3 is 0 Å². The second-order valence-corrected chi connectivity index (χ2v) is 4.45. The lowest BCUT2D eigenvalue weighted by atomic mass is 10.00. The molecular weight excluding hydrogens is 260 g/mol. The Labute approximate surface area is 105 Å². The van der Waals surface area contributed by atoms with E-state index in [1.54, 1.807) is 0 Å². The highest BCUT2D eigenvalue weighted by atomic mass is 79.9. The van der Waals surface area contributed by atoms with Gasteiger partial charge in [0.15, 0.2) is 0 Å². The van der Waals surface area contributed by atoms with E-state index in [-0.39, 0.29) is 0 Å². The SMILES string of the molecule is Cc1ccc([CH]c2ccccc2CBr)cc1. The predicted molar refractivity (Wildman–Crippen MR) is 72.8 cm³/mol. The molecule has 0 saturated heterocycles. The minimum Gasteiger partial charge on any atom is -0.0876 e. The smallest absolute Gasteiger partial charge is 0.0286 e. The zero-order valence-corrected chi connectivity index (χ0v) is 10.9. The summed E-state index contributed by atoms with van der Waals surface area (Å²) >= 11 is 3.51. The molecule has 0 N–H and O–H groups in total. The fraction of sp³-hybridized carbons (Fsp3) is 0.133. The fourth-order valence-corrected chi connectivity index (χ4v) is 2.15. The van der Waals surface area contributed by atoms with Gasteiger partial charge in [0.05, 0.1) is 0 Å². The van der Waals surface area contributed by atoms with Crippen LogP contribution in [0.4, 0.5) is 0 Å². The molecule has 1 heteroatoms. The van der Waals surface area contributed by atoms with Crippen molar-refractivity contribution >= 4 is 15.9 Å². The van der Waals surface area contributed by atoms with Crippen LogP contribution in [0.25, 0.3) is 0 Å². The maximum absolute atomic E-state index is 3.51. The van der Waals surface area contributed by atoms with E-state index in [0.29, 0.717) is 0 Å². The molecule has 2 rings (SSSR count). The van der Waals surface area contributed by atoms with E-state index in [0.717, 1.165) is 5.33 Å². The Morgan fingerprint density at radius 2 is 1.69 bits per heavy atom. The molecule has 2 aromatic carbocycles. The molecular formula is C15H14Br. The van der Waals surface area contributed by atoms with Crippen LogP contribution in [0.5, 0.6) is 0 Å². The van der Waals surface area contributed by atoms with E-state index < -0.39 is 0 Å². The molecule has 2 aromatic rings. The van der Waals surface area contributed by atoms with E-state index in [9.17, 15) is 0 Å². The van der Waals surface area contributed by atoms with Crippen molar-refractivity contribution in [3.05, 3.63) is 77.2 Å². The number of hydrogen-bond acceptors (Lipinski definition) is 0. The molecule has 0 atom stereocenters. The first-order chi connectivity index (χ1) is 7.79. The van der Waals surface area contributed by atoms with E-state index in [1.807, 2.05) is 0 Å². The summed E-state index contributed by atoms with van der Waals surface area (Å²) in [5, 5.41) is 0.894. The highest BCUT2D eigenvalue weighted by Crippen LogP contribution is 2.18. The van der Waals surface area contributed by atoms with Crippen LogP contribution >= 0.6 is 15.9 Å². The minimum atomic E-state index is 0.894. The Hall–Kier alpha value is -1.08. The van der Waals surface area contributed by atoms with Crippen LogP contribution in [0, 0.1) is 13.3 Å². The summed E-state index contributed by atoms with van der Waals surface area (Å²) in [4.78, 5) is 0. The van der Waals surface area contributed by atoms with Gasteiger partial charge in [-0.25, -0.2) is 0 Å². The molecule has 1 radical (unpaired) electrons. The van der Waals surface area contributed by atoms with Crippen LogP contribution in [0.1, 0.15) is 22.3 Å². The van der Waals surface area contributed by atoms with Crippen molar-refractivity contribution in [1.82, 2.24) is 0 Å². The van der Waals surface area contributed by atoms with Gasteiger partial charge in [-0.15, -0.1) is 0 Å². The molecule has 0 heterocycles. The summed E-state index contributed by atoms with van der Waals surface area (Å²) in [6.07, 6.45) is 2.22. The van der Waals surface area contributed by atoms with Crippen LogP contribution in [0.15, 0.2) is 48.5 Å². The van der Waals surface area contributed by atoms with E-state index in [2.05, 4.69) is 77.8 Å². The Bertz CT molecular complexity index is 457. The minimum absolute atomic E-state index is 0.894. The Morgan fingerprint density at radius 1 is 1.00 bits per heavy atom. The van der Waals surface area contributed by atoms with Gasteiger partial charge in [-0.3, -0.25) is 0 Å². The lowest BCUT2D eigenvalue weighted by molar-refractivity contribution is 1.32. The monoisotopic (exact) mass is 273 g/mol. The number of benzene rings is 2. The third-order valence-corrected chi connectivity index (χ3v) is 3.20. The van der Waals surface area contributed by atoms with Gasteiger partial charge in [0.25, 0.3) is 0 Å². The number of halogens is 1. The Kier molecular flexibility index (Phi) is 3.79. The van der Waals surface area contributed by atoms with Crippen LogP contribution in [0.3, 0.4) is 0 Å². The third kappa shape index (κ3) is 2.73. The first kappa shape index (κ1) is 11.4. The van der Waals surface area contributed by atoms with Gasteiger partial charge >= 0.3 is 0 Å². The summed E-state index contributed by atoms with van der Waals surface area (Å²) in [5.41, 5.74) is 5.15. The van der Waals surface area contributed by atoms with Crippen LogP contribution < -0.4 is 0 Å². The number of rotatable bonds is 3. The molecule has 81 valence electrons. The van der Waals surface area contributed by atoms with Gasteiger partial charge in [-0.1, -0.05) is 70.0 Å². The maximum atomic E-state index is 3.51. The quantitative estimate of drug-likeness (QED) is 0.723. The van der Waals surface area contributed by atoms with Crippen molar-refractivity contribution in [1.29, 1.82) is 0 Å². The van der Waals surface area contributed by atoms with Crippen LogP contribution in [-0.4, -0.2) is 0 Å². The fourth-order valence-electron chi connectivity index (χ4n) is 1.64. The topological polar surface area (TPSA) is 0 Å². The normalized spacial score (nSPS) is 10.4. The Morgan fingerprint density at radius 3 is 2.38 bits per heavy atom. The van der Waals surface area contributed by atoms with Gasteiger partial charge in [0.2, 0.25) is 0 Å². The molecule has 0 nitrogen and oxygen atoms in total. The molecule has 0 fully saturated rings. The highest BCUT2D eigenvalue weighted by molar-refractivity contribution is 9.08. The van der Waals surface area contributed by atoms with E-state index in [4.69, 9.17) is 0 Å². The lowest BCUT2D eigenvalue weighted by Gasteiger charge is -2.06. The number of aryl methyl sites for hydroxylation is 1. The standard InChI is InChI=1S/C15H14Br/c1-12-6-8-13(9-7-12)10-14-4-2-3-5-15(14)11-16/h2-10H,11H2,1H3. The summed E-state index contributed by atoms with van der Waals surface area (Å²) in [6.45, 7) is 2.11. The third-order valence-electron chi connectivity index (χ3n) is 2.60. The van der Waals surface area contributed by atoms with Gasteiger partial charge in [0.1, 0.15) is 0 Å². The molecule has 0 spiro atoms. The van der Waals surface area contributed by atoms with Crippen molar-refractivity contribution in [3.63, 3.8) is 0 Å². The molecule has 0 amide bonds. The second kappa shape index (κ2) is 5.31. The van der Waals surface area contributed by atoms with Crippen molar-refractivity contribution in [2.75, 3.05) is 0 Å². The average molecular weight is 274 g/mol. The molecule has 0 aromatic heterocycles. The van der Waals surface area contributed by atoms with Gasteiger partial charge in [-0.2, -0.15) is 0 Å². The molecule has 0 aliphatic carbocycles. The van der Waals surface area contributed by atoms with Crippen LogP contribution in [-0.2, 0) is 5.33 Å². The molecule has 0 aliphatic heterocycles. The van der Waals surface area contributed by atoms with Gasteiger partial charge in [-0.05, 0) is 23.6 Å². The highest BCUT2D eigenvalue weighted by Gasteiger charge is 2.01. The van der Waals surface area contributed by atoms with E-state index in [1.165, 1.54) is 22.3 Å². The summed E-state index contributed by atoms with van der Waals surface area (Å²) < 4.78 is 0. The Balaban J connectivity index is 2.23.